The van der Waals surface area contributed by atoms with Crippen molar-refractivity contribution in [3.63, 3.8) is 0 Å². The smallest absolute Gasteiger partial charge is 0.265 e. The maximum absolute atomic E-state index is 13.0. The molecule has 34 heavy (non-hydrogen) atoms. The van der Waals surface area contributed by atoms with E-state index in [0.717, 1.165) is 37.9 Å². The lowest BCUT2D eigenvalue weighted by Crippen LogP contribution is -2.26. The van der Waals surface area contributed by atoms with E-state index in [-0.39, 0.29) is 17.4 Å². The highest BCUT2D eigenvalue weighted by atomic mass is 32.1. The SMILES string of the molecule is O=C(Nc1cccc(NC(=O)c2cccs2)c1)c1ccc2c(=O)n3c(nc2c1)CCCCCC3. The van der Waals surface area contributed by atoms with E-state index in [2.05, 4.69) is 10.6 Å². The molecule has 0 bridgehead atoms. The summed E-state index contributed by atoms with van der Waals surface area (Å²) >= 11 is 1.36. The highest BCUT2D eigenvalue weighted by Crippen LogP contribution is 2.20. The second-order valence-electron chi connectivity index (χ2n) is 8.35. The lowest BCUT2D eigenvalue weighted by Gasteiger charge is -2.16. The Kier molecular flexibility index (Phi) is 6.22. The maximum Gasteiger partial charge on any atom is 0.265 e. The third kappa shape index (κ3) is 4.63. The van der Waals surface area contributed by atoms with Gasteiger partial charge >= 0.3 is 0 Å². The Bertz CT molecular complexity index is 1430. The predicted octanol–water partition coefficient (Wildman–Crippen LogP) is 5.08. The Morgan fingerprint density at radius 2 is 1.68 bits per heavy atom. The Morgan fingerprint density at radius 1 is 0.882 bits per heavy atom. The molecule has 0 saturated carbocycles. The third-order valence-electron chi connectivity index (χ3n) is 5.95. The summed E-state index contributed by atoms with van der Waals surface area (Å²) in [5.74, 6) is 0.293. The number of thiophene rings is 1. The van der Waals surface area contributed by atoms with Crippen molar-refractivity contribution in [3.05, 3.63) is 86.6 Å². The molecule has 2 amide bonds. The number of benzene rings is 2. The van der Waals surface area contributed by atoms with Gasteiger partial charge in [-0.15, -0.1) is 11.3 Å². The molecular formula is C26H24N4O3S. The Morgan fingerprint density at radius 3 is 2.47 bits per heavy atom. The molecule has 3 heterocycles. The van der Waals surface area contributed by atoms with Gasteiger partial charge < -0.3 is 10.6 Å². The minimum Gasteiger partial charge on any atom is -0.322 e. The molecule has 0 spiro atoms. The summed E-state index contributed by atoms with van der Waals surface area (Å²) in [6.45, 7) is 0.693. The fourth-order valence-corrected chi connectivity index (χ4v) is 4.83. The Labute approximate surface area is 200 Å². The number of aromatic nitrogens is 2. The largest absolute Gasteiger partial charge is 0.322 e. The number of hydrogen-bond donors (Lipinski definition) is 2. The van der Waals surface area contributed by atoms with Crippen LogP contribution in [0.2, 0.25) is 0 Å². The molecule has 5 rings (SSSR count). The number of carbonyl (C=O) groups excluding carboxylic acids is 2. The molecule has 8 heteroatoms. The quantitative estimate of drug-likeness (QED) is 0.433. The van der Waals surface area contributed by atoms with Crippen LogP contribution in [0.15, 0.2) is 64.8 Å². The van der Waals surface area contributed by atoms with Crippen LogP contribution >= 0.6 is 11.3 Å². The number of anilines is 2. The van der Waals surface area contributed by atoms with Crippen molar-refractivity contribution < 1.29 is 9.59 Å². The van der Waals surface area contributed by atoms with Crippen molar-refractivity contribution in [1.82, 2.24) is 9.55 Å². The van der Waals surface area contributed by atoms with E-state index < -0.39 is 0 Å². The van der Waals surface area contributed by atoms with Gasteiger partial charge in [-0.2, -0.15) is 0 Å². The number of nitrogens with one attached hydrogen (secondary N) is 2. The van der Waals surface area contributed by atoms with Gasteiger partial charge in [0.15, 0.2) is 0 Å². The average molecular weight is 473 g/mol. The zero-order valence-corrected chi connectivity index (χ0v) is 19.4. The van der Waals surface area contributed by atoms with Gasteiger partial charge in [0, 0.05) is 29.9 Å². The first-order chi connectivity index (χ1) is 16.6. The summed E-state index contributed by atoms with van der Waals surface area (Å²) in [6, 6.07) is 15.6. The fourth-order valence-electron chi connectivity index (χ4n) is 4.21. The number of carbonyl (C=O) groups is 2. The Hall–Kier alpha value is -3.78. The fraction of sp³-hybridized carbons (Fsp3) is 0.231. The van der Waals surface area contributed by atoms with Gasteiger partial charge in [0.1, 0.15) is 5.82 Å². The summed E-state index contributed by atoms with van der Waals surface area (Å²) in [5, 5.41) is 8.08. The van der Waals surface area contributed by atoms with Gasteiger partial charge in [0.05, 0.1) is 15.8 Å². The predicted molar refractivity (Wildman–Crippen MR) is 135 cm³/mol. The molecular weight excluding hydrogens is 448 g/mol. The lowest BCUT2D eigenvalue weighted by molar-refractivity contribution is 0.102. The standard InChI is InChI=1S/C26H24N4O3S/c31-24(27-18-7-5-8-19(16-18)28-25(32)22-9-6-14-34-22)17-11-12-20-21(15-17)29-23-10-3-1-2-4-13-30(23)26(20)33/h5-9,11-12,14-16H,1-4,10,13H2,(H,27,31)(H,28,32). The molecule has 2 aromatic heterocycles. The van der Waals surface area contributed by atoms with Gasteiger partial charge in [0.25, 0.3) is 17.4 Å². The first-order valence-corrected chi connectivity index (χ1v) is 12.3. The molecule has 0 saturated heterocycles. The van der Waals surface area contributed by atoms with E-state index in [1.54, 1.807) is 53.1 Å². The molecule has 172 valence electrons. The van der Waals surface area contributed by atoms with Crippen molar-refractivity contribution in [1.29, 1.82) is 0 Å². The van der Waals surface area contributed by atoms with E-state index in [1.165, 1.54) is 11.3 Å². The third-order valence-corrected chi connectivity index (χ3v) is 6.82. The zero-order chi connectivity index (χ0) is 23.5. The van der Waals surface area contributed by atoms with E-state index in [9.17, 15) is 14.4 Å². The van der Waals surface area contributed by atoms with Crippen molar-refractivity contribution in [2.24, 2.45) is 0 Å². The van der Waals surface area contributed by atoms with Crippen LogP contribution < -0.4 is 16.2 Å². The Balaban J connectivity index is 1.37. The van der Waals surface area contributed by atoms with Gasteiger partial charge in [-0.3, -0.25) is 19.0 Å². The van der Waals surface area contributed by atoms with Crippen molar-refractivity contribution in [3.8, 4) is 0 Å². The molecule has 0 unspecified atom stereocenters. The number of rotatable bonds is 4. The van der Waals surface area contributed by atoms with Crippen LogP contribution in [-0.2, 0) is 13.0 Å². The molecule has 1 aliphatic heterocycles. The van der Waals surface area contributed by atoms with Crippen LogP contribution in [0.4, 0.5) is 11.4 Å². The van der Waals surface area contributed by atoms with Crippen LogP contribution in [0.1, 0.15) is 51.5 Å². The molecule has 0 radical (unpaired) electrons. The minimum absolute atomic E-state index is 0.0389. The van der Waals surface area contributed by atoms with Crippen molar-refractivity contribution >= 4 is 45.4 Å². The highest BCUT2D eigenvalue weighted by Gasteiger charge is 2.15. The summed E-state index contributed by atoms with van der Waals surface area (Å²) in [5.41, 5.74) is 2.07. The lowest BCUT2D eigenvalue weighted by atomic mass is 10.1. The van der Waals surface area contributed by atoms with Crippen molar-refractivity contribution in [2.45, 2.75) is 38.6 Å². The first-order valence-electron chi connectivity index (χ1n) is 11.4. The summed E-state index contributed by atoms with van der Waals surface area (Å²) in [4.78, 5) is 43.6. The van der Waals surface area contributed by atoms with E-state index in [1.807, 2.05) is 11.4 Å². The summed E-state index contributed by atoms with van der Waals surface area (Å²) in [6.07, 6.45) is 5.03. The van der Waals surface area contributed by atoms with Crippen LogP contribution in [-0.4, -0.2) is 21.4 Å². The topological polar surface area (TPSA) is 93.1 Å². The second-order valence-corrected chi connectivity index (χ2v) is 9.30. The molecule has 7 nitrogen and oxygen atoms in total. The van der Waals surface area contributed by atoms with Gasteiger partial charge in [-0.05, 0) is 60.7 Å². The van der Waals surface area contributed by atoms with Gasteiger partial charge in [0.2, 0.25) is 0 Å². The zero-order valence-electron chi connectivity index (χ0n) is 18.5. The molecule has 0 atom stereocenters. The molecule has 2 aromatic carbocycles. The number of fused-ring (bicyclic) bond motifs is 2. The normalized spacial score (nSPS) is 13.5. The van der Waals surface area contributed by atoms with E-state index in [0.29, 0.717) is 39.3 Å². The number of hydrogen-bond acceptors (Lipinski definition) is 5. The van der Waals surface area contributed by atoms with Crippen LogP contribution in [0.3, 0.4) is 0 Å². The number of aryl methyl sites for hydroxylation is 1. The monoisotopic (exact) mass is 472 g/mol. The highest BCUT2D eigenvalue weighted by molar-refractivity contribution is 7.12. The van der Waals surface area contributed by atoms with E-state index >= 15 is 0 Å². The molecule has 2 N–H and O–H groups in total. The molecule has 0 aliphatic carbocycles. The maximum atomic E-state index is 13.0. The first kappa shape index (κ1) is 22.0. The summed E-state index contributed by atoms with van der Waals surface area (Å²) in [7, 11) is 0. The molecule has 0 fully saturated rings. The van der Waals surface area contributed by atoms with Crippen LogP contribution in [0.5, 0.6) is 0 Å². The summed E-state index contributed by atoms with van der Waals surface area (Å²) < 4.78 is 1.79. The minimum atomic E-state index is -0.308. The van der Waals surface area contributed by atoms with Crippen molar-refractivity contribution in [2.75, 3.05) is 10.6 Å². The second kappa shape index (κ2) is 9.61. The van der Waals surface area contributed by atoms with Gasteiger partial charge in [-0.25, -0.2) is 4.98 Å². The molecule has 4 aromatic rings. The van der Waals surface area contributed by atoms with Gasteiger partial charge in [-0.1, -0.05) is 25.0 Å². The number of amides is 2. The van der Waals surface area contributed by atoms with Crippen LogP contribution in [0, 0.1) is 0 Å². The number of nitrogens with zero attached hydrogens (tertiary/aromatic N) is 2. The van der Waals surface area contributed by atoms with Crippen LogP contribution in [0.25, 0.3) is 10.9 Å². The van der Waals surface area contributed by atoms with E-state index in [4.69, 9.17) is 4.98 Å². The molecule has 1 aliphatic rings. The average Bonchev–Trinajstić information content (AvgIpc) is 3.36.